The van der Waals surface area contributed by atoms with Crippen LogP contribution in [-0.2, 0) is 39.7 Å². The third-order valence-corrected chi connectivity index (χ3v) is 8.69. The number of methoxy groups -OCH3 is 5. The van der Waals surface area contributed by atoms with Gasteiger partial charge in [0.05, 0.1) is 14.2 Å². The fraction of sp³-hybridized carbons (Fsp3) is 0.316. The summed E-state index contributed by atoms with van der Waals surface area (Å²) in [5, 5.41) is 0. The van der Waals surface area contributed by atoms with Crippen molar-refractivity contribution >= 4 is 23.1 Å². The number of carbonyl (C=O) groups is 2. The van der Waals surface area contributed by atoms with Crippen molar-refractivity contribution in [1.29, 1.82) is 0 Å². The van der Waals surface area contributed by atoms with Gasteiger partial charge in [0, 0.05) is 57.3 Å². The Labute approximate surface area is 269 Å². The van der Waals surface area contributed by atoms with Crippen LogP contribution in [0.1, 0.15) is 53.4 Å². The molecular formula is C38H40O8. The molecule has 0 fully saturated rings. The number of esters is 2. The Balaban J connectivity index is 1.91. The highest BCUT2D eigenvalue weighted by Crippen LogP contribution is 2.53. The molecule has 1 aliphatic carbocycles. The number of furan rings is 1. The van der Waals surface area contributed by atoms with Gasteiger partial charge in [0.15, 0.2) is 11.7 Å². The standard InChI is InChI=1S/C38H40O8/c1-41-31(42-2)22-21-28(25-15-9-6-10-16-25)29-23-38(36(39)44-4,37(40)45-5)24-30-32(29)33(34(43-3)26-17-11-7-12-18-26)35(46-30)27-19-13-8-14-20-27/h6-20,31,34H,21-24H2,1-5H3/b29-28+. The van der Waals surface area contributed by atoms with E-state index < -0.39 is 29.7 Å². The fourth-order valence-corrected chi connectivity index (χ4v) is 6.50. The van der Waals surface area contributed by atoms with Crippen LogP contribution in [0.15, 0.2) is 95.4 Å². The first-order valence-electron chi connectivity index (χ1n) is 15.2. The zero-order chi connectivity index (χ0) is 32.7. The van der Waals surface area contributed by atoms with Crippen LogP contribution >= 0.6 is 0 Å². The second-order valence-electron chi connectivity index (χ2n) is 11.2. The molecule has 0 N–H and O–H groups in total. The molecule has 1 unspecified atom stereocenters. The van der Waals surface area contributed by atoms with E-state index in [9.17, 15) is 9.59 Å². The maximum absolute atomic E-state index is 13.7. The Morgan fingerprint density at radius 3 is 1.85 bits per heavy atom. The van der Waals surface area contributed by atoms with E-state index in [-0.39, 0.29) is 12.8 Å². The Hall–Kier alpha value is -4.50. The van der Waals surface area contributed by atoms with Crippen LogP contribution in [0.5, 0.6) is 0 Å². The van der Waals surface area contributed by atoms with E-state index in [1.807, 2.05) is 91.0 Å². The smallest absolute Gasteiger partial charge is 0.324 e. The molecule has 0 saturated heterocycles. The van der Waals surface area contributed by atoms with Crippen molar-refractivity contribution in [2.75, 3.05) is 35.5 Å². The molecule has 1 aliphatic rings. The van der Waals surface area contributed by atoms with Crippen molar-refractivity contribution in [3.05, 3.63) is 119 Å². The van der Waals surface area contributed by atoms with Gasteiger partial charge in [0.25, 0.3) is 0 Å². The summed E-state index contributed by atoms with van der Waals surface area (Å²) in [7, 11) is 7.44. The predicted octanol–water partition coefficient (Wildman–Crippen LogP) is 7.27. The molecule has 0 amide bonds. The van der Waals surface area contributed by atoms with Crippen molar-refractivity contribution in [3.63, 3.8) is 0 Å². The van der Waals surface area contributed by atoms with Crippen molar-refractivity contribution in [2.45, 2.75) is 38.1 Å². The van der Waals surface area contributed by atoms with Gasteiger partial charge in [-0.25, -0.2) is 0 Å². The van der Waals surface area contributed by atoms with E-state index in [1.54, 1.807) is 21.3 Å². The van der Waals surface area contributed by atoms with Gasteiger partial charge in [-0.15, -0.1) is 0 Å². The summed E-state index contributed by atoms with van der Waals surface area (Å²) >= 11 is 0. The van der Waals surface area contributed by atoms with E-state index in [4.69, 9.17) is 28.1 Å². The van der Waals surface area contributed by atoms with Crippen LogP contribution in [-0.4, -0.2) is 53.8 Å². The minimum absolute atomic E-state index is 0.0280. The molecule has 0 aliphatic heterocycles. The van der Waals surface area contributed by atoms with Gasteiger partial charge in [-0.3, -0.25) is 9.59 Å². The Morgan fingerprint density at radius 2 is 1.30 bits per heavy atom. The number of ether oxygens (including phenoxy) is 5. The SMILES string of the molecule is COC(=O)C1(C(=O)OC)C/C(=C(/CCC(OC)OC)c2ccccc2)c2c(oc(-c3ccccc3)c2C(OC)c2ccccc2)C1. The molecule has 0 saturated carbocycles. The molecule has 1 heterocycles. The number of benzene rings is 3. The van der Waals surface area contributed by atoms with Gasteiger partial charge in [-0.05, 0) is 28.7 Å². The van der Waals surface area contributed by atoms with Crippen LogP contribution in [0.25, 0.3) is 22.5 Å². The van der Waals surface area contributed by atoms with E-state index in [1.165, 1.54) is 14.2 Å². The van der Waals surface area contributed by atoms with Crippen LogP contribution in [0.4, 0.5) is 0 Å². The molecule has 46 heavy (non-hydrogen) atoms. The van der Waals surface area contributed by atoms with Crippen molar-refractivity contribution in [3.8, 4) is 11.3 Å². The Bertz CT molecular complexity index is 1640. The number of rotatable bonds is 12. The first-order valence-corrected chi connectivity index (χ1v) is 15.2. The highest BCUT2D eigenvalue weighted by atomic mass is 16.7. The Kier molecular flexibility index (Phi) is 10.5. The molecule has 8 nitrogen and oxygen atoms in total. The summed E-state index contributed by atoms with van der Waals surface area (Å²) < 4.78 is 34.7. The van der Waals surface area contributed by atoms with E-state index in [2.05, 4.69) is 0 Å². The molecule has 3 aromatic carbocycles. The first-order chi connectivity index (χ1) is 22.4. The van der Waals surface area contributed by atoms with Gasteiger partial charge in [-0.2, -0.15) is 0 Å². The van der Waals surface area contributed by atoms with Crippen LogP contribution in [0.3, 0.4) is 0 Å². The molecule has 0 bridgehead atoms. The van der Waals surface area contributed by atoms with Gasteiger partial charge in [0.1, 0.15) is 17.6 Å². The number of carbonyl (C=O) groups excluding carboxylic acids is 2. The normalized spacial score (nSPS) is 15.6. The molecule has 1 atom stereocenters. The van der Waals surface area contributed by atoms with Crippen molar-refractivity contribution in [2.24, 2.45) is 5.41 Å². The number of hydrogen-bond donors (Lipinski definition) is 0. The molecule has 1 aromatic heterocycles. The summed E-state index contributed by atoms with van der Waals surface area (Å²) in [6.45, 7) is 0. The molecule has 4 aromatic rings. The van der Waals surface area contributed by atoms with Crippen LogP contribution < -0.4 is 0 Å². The zero-order valence-electron chi connectivity index (χ0n) is 26.9. The predicted molar refractivity (Wildman–Crippen MR) is 175 cm³/mol. The third-order valence-electron chi connectivity index (χ3n) is 8.69. The number of hydrogen-bond acceptors (Lipinski definition) is 8. The van der Waals surface area contributed by atoms with Crippen molar-refractivity contribution < 1.29 is 37.7 Å². The summed E-state index contributed by atoms with van der Waals surface area (Å²) in [6, 6.07) is 29.6. The second kappa shape index (κ2) is 14.7. The number of fused-ring (bicyclic) bond motifs is 1. The van der Waals surface area contributed by atoms with E-state index in [0.717, 1.165) is 39.0 Å². The minimum atomic E-state index is -1.67. The summed E-state index contributed by atoms with van der Waals surface area (Å²) in [6.07, 6.45) is 0.0261. The third kappa shape index (κ3) is 6.29. The second-order valence-corrected chi connectivity index (χ2v) is 11.2. The Morgan fingerprint density at radius 1 is 0.739 bits per heavy atom. The molecule has 0 spiro atoms. The van der Waals surface area contributed by atoms with Gasteiger partial charge < -0.3 is 28.1 Å². The summed E-state index contributed by atoms with van der Waals surface area (Å²) in [5.41, 5.74) is 4.35. The zero-order valence-corrected chi connectivity index (χ0v) is 26.9. The number of allylic oxidation sites excluding steroid dienone is 2. The molecule has 0 radical (unpaired) electrons. The van der Waals surface area contributed by atoms with Crippen molar-refractivity contribution in [1.82, 2.24) is 0 Å². The quantitative estimate of drug-likeness (QED) is 0.0923. The molecular weight excluding hydrogens is 584 g/mol. The molecule has 8 heteroatoms. The summed E-state index contributed by atoms with van der Waals surface area (Å²) in [5.74, 6) is -0.296. The van der Waals surface area contributed by atoms with E-state index in [0.29, 0.717) is 24.4 Å². The largest absolute Gasteiger partial charge is 0.468 e. The highest BCUT2D eigenvalue weighted by Gasteiger charge is 2.54. The van der Waals surface area contributed by atoms with Gasteiger partial charge in [-0.1, -0.05) is 91.0 Å². The topological polar surface area (TPSA) is 93.4 Å². The molecule has 5 rings (SSSR count). The lowest BCUT2D eigenvalue weighted by molar-refractivity contribution is -0.169. The molecule has 240 valence electrons. The highest BCUT2D eigenvalue weighted by molar-refractivity contribution is 6.06. The van der Waals surface area contributed by atoms with Gasteiger partial charge >= 0.3 is 11.9 Å². The van der Waals surface area contributed by atoms with E-state index >= 15 is 0 Å². The lowest BCUT2D eigenvalue weighted by Crippen LogP contribution is -2.45. The monoisotopic (exact) mass is 624 g/mol. The van der Waals surface area contributed by atoms with Crippen LogP contribution in [0.2, 0.25) is 0 Å². The maximum atomic E-state index is 13.7. The fourth-order valence-electron chi connectivity index (χ4n) is 6.50. The lowest BCUT2D eigenvalue weighted by Gasteiger charge is -2.34. The summed E-state index contributed by atoms with van der Waals surface area (Å²) in [4.78, 5) is 27.4. The average molecular weight is 625 g/mol. The first kappa shape index (κ1) is 32.9. The maximum Gasteiger partial charge on any atom is 0.324 e. The lowest BCUT2D eigenvalue weighted by atomic mass is 9.68. The average Bonchev–Trinajstić information content (AvgIpc) is 3.49. The minimum Gasteiger partial charge on any atom is -0.468 e. The van der Waals surface area contributed by atoms with Gasteiger partial charge in [0.2, 0.25) is 0 Å². The van der Waals surface area contributed by atoms with Crippen LogP contribution in [0, 0.1) is 5.41 Å².